The van der Waals surface area contributed by atoms with E-state index in [-0.39, 0.29) is 10.7 Å². The van der Waals surface area contributed by atoms with E-state index in [4.69, 9.17) is 11.6 Å². The van der Waals surface area contributed by atoms with Gasteiger partial charge >= 0.3 is 0 Å². The van der Waals surface area contributed by atoms with Gasteiger partial charge in [0.25, 0.3) is 0 Å². The Morgan fingerprint density at radius 2 is 1.76 bits per heavy atom. The molecule has 0 unspecified atom stereocenters. The van der Waals surface area contributed by atoms with Crippen LogP contribution in [-0.2, 0) is 4.79 Å². The van der Waals surface area contributed by atoms with Gasteiger partial charge in [-0.2, -0.15) is 0 Å². The van der Waals surface area contributed by atoms with E-state index >= 15 is 0 Å². The third-order valence-corrected chi connectivity index (χ3v) is 6.27. The van der Waals surface area contributed by atoms with Crippen molar-refractivity contribution in [2.75, 3.05) is 5.32 Å². The zero-order valence-electron chi connectivity index (χ0n) is 11.3. The second-order valence-corrected chi connectivity index (χ2v) is 7.00. The van der Waals surface area contributed by atoms with Gasteiger partial charge in [-0.15, -0.1) is 0 Å². The first-order valence-corrected chi connectivity index (χ1v) is 8.60. The fourth-order valence-corrected chi connectivity index (χ4v) is 3.02. The summed E-state index contributed by atoms with van der Waals surface area (Å²) in [6.07, 6.45) is 0. The molecule has 0 saturated carbocycles. The number of nitrogens with one attached hydrogen (secondary N) is 1. The Balaban J connectivity index is 2.11. The molecule has 2 atom stereocenters. The predicted molar refractivity (Wildman–Crippen MR) is 95.6 cm³/mol. The van der Waals surface area contributed by atoms with Crippen molar-refractivity contribution < 1.29 is 4.79 Å². The van der Waals surface area contributed by atoms with Gasteiger partial charge in [0.05, 0.1) is 4.83 Å². The molecule has 0 aromatic heterocycles. The number of carbonyl (C=O) groups excluding carboxylic acids is 1. The molecule has 2 nitrogen and oxygen atoms in total. The van der Waals surface area contributed by atoms with Crippen molar-refractivity contribution in [3.63, 3.8) is 0 Å². The van der Waals surface area contributed by atoms with E-state index < -0.39 is 4.83 Å². The lowest BCUT2D eigenvalue weighted by Gasteiger charge is -2.18. The molecule has 5 heteroatoms. The molecule has 1 N–H and O–H groups in total. The molecule has 0 aliphatic carbocycles. The van der Waals surface area contributed by atoms with E-state index in [0.29, 0.717) is 5.02 Å². The van der Waals surface area contributed by atoms with Crippen LogP contribution in [0.4, 0.5) is 5.69 Å². The first kappa shape index (κ1) is 16.5. The lowest BCUT2D eigenvalue weighted by molar-refractivity contribution is -0.115. The summed E-state index contributed by atoms with van der Waals surface area (Å²) >= 11 is 13.1. The van der Waals surface area contributed by atoms with E-state index in [0.717, 1.165) is 16.8 Å². The highest BCUT2D eigenvalue weighted by atomic mass is 79.9. The molecular weight excluding hydrogens is 417 g/mol. The van der Waals surface area contributed by atoms with Crippen LogP contribution >= 0.6 is 43.5 Å². The summed E-state index contributed by atoms with van der Waals surface area (Å²) in [6, 6.07) is 15.3. The normalized spacial score (nSPS) is 13.5. The summed E-state index contributed by atoms with van der Waals surface area (Å²) in [5, 5.41) is 3.54. The summed E-state index contributed by atoms with van der Waals surface area (Å²) in [4.78, 5) is 11.9. The van der Waals surface area contributed by atoms with Crippen LogP contribution < -0.4 is 5.32 Å². The van der Waals surface area contributed by atoms with E-state index in [2.05, 4.69) is 37.2 Å². The van der Waals surface area contributed by atoms with Gasteiger partial charge in [0.2, 0.25) is 5.91 Å². The van der Waals surface area contributed by atoms with E-state index in [1.54, 1.807) is 6.07 Å². The van der Waals surface area contributed by atoms with Crippen LogP contribution in [0, 0.1) is 6.92 Å². The van der Waals surface area contributed by atoms with Crippen LogP contribution in [0.3, 0.4) is 0 Å². The second-order valence-electron chi connectivity index (χ2n) is 4.62. The van der Waals surface area contributed by atoms with Crippen molar-refractivity contribution in [3.05, 3.63) is 64.7 Å². The van der Waals surface area contributed by atoms with Crippen molar-refractivity contribution in [2.24, 2.45) is 0 Å². The highest BCUT2D eigenvalue weighted by Gasteiger charge is 2.25. The molecule has 0 radical (unpaired) electrons. The van der Waals surface area contributed by atoms with Gasteiger partial charge in [-0.3, -0.25) is 4.79 Å². The van der Waals surface area contributed by atoms with Crippen molar-refractivity contribution in [1.29, 1.82) is 0 Å². The van der Waals surface area contributed by atoms with Crippen LogP contribution in [0.2, 0.25) is 5.02 Å². The van der Waals surface area contributed by atoms with Crippen LogP contribution in [0.1, 0.15) is 16.0 Å². The highest BCUT2D eigenvalue weighted by Crippen LogP contribution is 2.32. The average Bonchev–Trinajstić information content (AvgIpc) is 2.51. The van der Waals surface area contributed by atoms with Gasteiger partial charge < -0.3 is 5.32 Å². The van der Waals surface area contributed by atoms with Crippen LogP contribution in [0.15, 0.2) is 48.5 Å². The van der Waals surface area contributed by atoms with Crippen molar-refractivity contribution in [3.8, 4) is 0 Å². The SMILES string of the molecule is Cc1c(Cl)cccc1NC(=O)[C@@H](Br)[C@@H](Br)c1ccccc1. The minimum atomic E-state index is -0.390. The average molecular weight is 432 g/mol. The predicted octanol–water partition coefficient (Wildman–Crippen LogP) is 5.49. The quantitative estimate of drug-likeness (QED) is 0.638. The van der Waals surface area contributed by atoms with Gasteiger partial charge in [0.1, 0.15) is 4.83 Å². The molecule has 0 aliphatic heterocycles. The van der Waals surface area contributed by atoms with Crippen molar-refractivity contribution in [2.45, 2.75) is 16.6 Å². The second kappa shape index (κ2) is 7.43. The van der Waals surface area contributed by atoms with Gasteiger partial charge in [0, 0.05) is 10.7 Å². The third-order valence-electron chi connectivity index (χ3n) is 3.15. The molecule has 21 heavy (non-hydrogen) atoms. The van der Waals surface area contributed by atoms with Crippen molar-refractivity contribution in [1.82, 2.24) is 0 Å². The number of alkyl halides is 2. The molecule has 1 amide bonds. The van der Waals surface area contributed by atoms with Gasteiger partial charge in [-0.05, 0) is 30.2 Å². The maximum absolute atomic E-state index is 12.4. The molecule has 2 rings (SSSR count). The maximum atomic E-state index is 12.4. The Morgan fingerprint density at radius 3 is 2.43 bits per heavy atom. The van der Waals surface area contributed by atoms with E-state index in [1.165, 1.54) is 0 Å². The summed E-state index contributed by atoms with van der Waals surface area (Å²) in [5.41, 5.74) is 2.63. The third kappa shape index (κ3) is 4.09. The summed E-state index contributed by atoms with van der Waals surface area (Å²) in [6.45, 7) is 1.88. The monoisotopic (exact) mass is 429 g/mol. The number of rotatable bonds is 4. The Labute approximate surface area is 146 Å². The Bertz CT molecular complexity index is 633. The Hall–Kier alpha value is -0.840. The molecule has 0 bridgehead atoms. The number of carbonyl (C=O) groups is 1. The molecule has 0 fully saturated rings. The van der Waals surface area contributed by atoms with Gasteiger partial charge in [0.15, 0.2) is 0 Å². The van der Waals surface area contributed by atoms with Gasteiger partial charge in [-0.1, -0.05) is 79.9 Å². The van der Waals surface area contributed by atoms with Crippen LogP contribution in [0.25, 0.3) is 0 Å². The molecule has 0 saturated heterocycles. The van der Waals surface area contributed by atoms with E-state index in [1.807, 2.05) is 49.4 Å². The fraction of sp³-hybridized carbons (Fsp3) is 0.188. The van der Waals surface area contributed by atoms with Gasteiger partial charge in [-0.25, -0.2) is 0 Å². The number of hydrogen-bond acceptors (Lipinski definition) is 1. The van der Waals surface area contributed by atoms with E-state index in [9.17, 15) is 4.79 Å². The minimum Gasteiger partial charge on any atom is -0.325 e. The maximum Gasteiger partial charge on any atom is 0.239 e. The minimum absolute atomic E-state index is 0.113. The first-order valence-electron chi connectivity index (χ1n) is 6.39. The zero-order valence-corrected chi connectivity index (χ0v) is 15.2. The number of hydrogen-bond donors (Lipinski definition) is 1. The first-order chi connectivity index (χ1) is 10.0. The smallest absolute Gasteiger partial charge is 0.239 e. The zero-order chi connectivity index (χ0) is 15.4. The molecule has 0 spiro atoms. The summed E-state index contributed by atoms with van der Waals surface area (Å²) in [7, 11) is 0. The molecule has 0 heterocycles. The van der Waals surface area contributed by atoms with Crippen molar-refractivity contribution >= 4 is 55.1 Å². The Morgan fingerprint density at radius 1 is 1.10 bits per heavy atom. The fourth-order valence-electron chi connectivity index (χ4n) is 1.88. The van der Waals surface area contributed by atoms with Crippen LogP contribution in [0.5, 0.6) is 0 Å². The Kier molecular flexibility index (Phi) is 5.85. The largest absolute Gasteiger partial charge is 0.325 e. The van der Waals surface area contributed by atoms with Crippen LogP contribution in [-0.4, -0.2) is 10.7 Å². The lowest BCUT2D eigenvalue weighted by Crippen LogP contribution is -2.26. The molecule has 110 valence electrons. The molecule has 2 aromatic rings. The number of benzene rings is 2. The standard InChI is InChI=1S/C16H14Br2ClNO/c1-10-12(19)8-5-9-13(10)20-16(21)15(18)14(17)11-6-3-2-4-7-11/h2-9,14-15H,1H3,(H,20,21)/t14-,15-/m0/s1. The topological polar surface area (TPSA) is 29.1 Å². The molecular formula is C16H14Br2ClNO. The molecule has 2 aromatic carbocycles. The number of amides is 1. The summed E-state index contributed by atoms with van der Waals surface area (Å²) in [5.74, 6) is -0.119. The number of anilines is 1. The lowest BCUT2D eigenvalue weighted by atomic mass is 10.1. The number of halogens is 3. The highest BCUT2D eigenvalue weighted by molar-refractivity contribution is 9.12. The molecule has 0 aliphatic rings. The summed E-state index contributed by atoms with van der Waals surface area (Å²) < 4.78 is 0.